The molecule has 5 nitrogen and oxygen atoms in total. The lowest BCUT2D eigenvalue weighted by Gasteiger charge is -2.01. The molecule has 1 aromatic carbocycles. The van der Waals surface area contributed by atoms with Crippen LogP contribution in [-0.2, 0) is 4.74 Å². The van der Waals surface area contributed by atoms with Gasteiger partial charge >= 0.3 is 5.97 Å². The third-order valence-electron chi connectivity index (χ3n) is 3.50. The van der Waals surface area contributed by atoms with Crippen LogP contribution in [0.4, 0.5) is 0 Å². The van der Waals surface area contributed by atoms with Crippen molar-refractivity contribution in [2.45, 2.75) is 6.92 Å². The van der Waals surface area contributed by atoms with Crippen LogP contribution in [-0.4, -0.2) is 30.5 Å². The van der Waals surface area contributed by atoms with Gasteiger partial charge in [-0.2, -0.15) is 0 Å². The molecule has 0 aliphatic carbocycles. The fourth-order valence-corrected chi connectivity index (χ4v) is 4.11. The highest BCUT2D eigenvalue weighted by Crippen LogP contribution is 2.29. The van der Waals surface area contributed by atoms with E-state index in [9.17, 15) is 9.59 Å². The second-order valence-electron chi connectivity index (χ2n) is 5.27. The minimum absolute atomic E-state index is 0.284. The lowest BCUT2D eigenvalue weighted by Crippen LogP contribution is -2.13. The summed E-state index contributed by atoms with van der Waals surface area (Å²) in [5.74, 6) is -0.0996. The van der Waals surface area contributed by atoms with Crippen LogP contribution >= 0.6 is 34.3 Å². The first-order valence-electron chi connectivity index (χ1n) is 7.55. The number of carbonyl (C=O) groups is 2. The molecule has 8 heteroatoms. The number of benzene rings is 1. The summed E-state index contributed by atoms with van der Waals surface area (Å²) in [5.41, 5.74) is 1.44. The van der Waals surface area contributed by atoms with E-state index in [-0.39, 0.29) is 12.4 Å². The van der Waals surface area contributed by atoms with Gasteiger partial charge in [-0.05, 0) is 43.3 Å². The van der Waals surface area contributed by atoms with Crippen molar-refractivity contribution in [1.29, 1.82) is 0 Å². The minimum atomic E-state index is -0.559. The van der Waals surface area contributed by atoms with Gasteiger partial charge in [0.25, 0.3) is 0 Å². The zero-order chi connectivity index (χ0) is 18.7. The molecule has 2 heterocycles. The molecule has 0 spiro atoms. The number of halogens is 1. The summed E-state index contributed by atoms with van der Waals surface area (Å²) in [6, 6.07) is 10.6. The highest BCUT2D eigenvalue weighted by molar-refractivity contribution is 7.18. The number of esters is 1. The van der Waals surface area contributed by atoms with E-state index in [2.05, 4.69) is 4.98 Å². The van der Waals surface area contributed by atoms with Crippen LogP contribution in [0.25, 0.3) is 10.6 Å². The average molecular weight is 408 g/mol. The van der Waals surface area contributed by atoms with Crippen LogP contribution in [0.1, 0.15) is 25.0 Å². The summed E-state index contributed by atoms with van der Waals surface area (Å²) in [5, 5.41) is 0.702. The van der Waals surface area contributed by atoms with Crippen molar-refractivity contribution in [1.82, 2.24) is 4.98 Å². The molecule has 0 bridgehead atoms. The fraction of sp³-hybridized carbons (Fsp3) is 0.167. The molecule has 3 rings (SSSR count). The van der Waals surface area contributed by atoms with Gasteiger partial charge in [-0.3, -0.25) is 4.79 Å². The molecule has 0 atom stereocenters. The van der Waals surface area contributed by atoms with E-state index in [0.29, 0.717) is 24.8 Å². The number of hydrogen-bond donors (Lipinski definition) is 0. The Hall–Kier alpha value is -2.22. The van der Waals surface area contributed by atoms with Gasteiger partial charge in [0.15, 0.2) is 6.61 Å². The summed E-state index contributed by atoms with van der Waals surface area (Å²) in [4.78, 5) is 29.6. The molecule has 0 unspecified atom stereocenters. The largest absolute Gasteiger partial charge is 0.497 e. The number of thiophene rings is 1. The summed E-state index contributed by atoms with van der Waals surface area (Å²) in [6.07, 6.45) is 0. The summed E-state index contributed by atoms with van der Waals surface area (Å²) < 4.78 is 10.8. The van der Waals surface area contributed by atoms with Crippen LogP contribution in [0.3, 0.4) is 0 Å². The smallest absolute Gasteiger partial charge is 0.350 e. The highest BCUT2D eigenvalue weighted by Gasteiger charge is 2.19. The van der Waals surface area contributed by atoms with E-state index in [1.54, 1.807) is 26.2 Å². The predicted molar refractivity (Wildman–Crippen MR) is 103 cm³/mol. The lowest BCUT2D eigenvalue weighted by atomic mass is 10.2. The van der Waals surface area contributed by atoms with Crippen molar-refractivity contribution in [2.24, 2.45) is 0 Å². The average Bonchev–Trinajstić information content (AvgIpc) is 3.25. The van der Waals surface area contributed by atoms with E-state index in [4.69, 9.17) is 21.1 Å². The van der Waals surface area contributed by atoms with Crippen LogP contribution in [0.2, 0.25) is 4.34 Å². The minimum Gasteiger partial charge on any atom is -0.497 e. The van der Waals surface area contributed by atoms with E-state index in [1.807, 2.05) is 24.3 Å². The molecule has 0 amide bonds. The van der Waals surface area contributed by atoms with Crippen LogP contribution in [0.5, 0.6) is 5.75 Å². The molecule has 134 valence electrons. The SMILES string of the molecule is COc1ccc(-c2nc(C)c(C(=O)OCC(=O)c3ccc(Cl)s3)s2)cc1. The molecule has 0 radical (unpaired) electrons. The van der Waals surface area contributed by atoms with Gasteiger partial charge in [0.05, 0.1) is 22.0 Å². The fourth-order valence-electron chi connectivity index (χ4n) is 2.17. The molecule has 0 aliphatic heterocycles. The maximum Gasteiger partial charge on any atom is 0.350 e. The molecule has 0 N–H and O–H groups in total. The molecule has 0 fully saturated rings. The second-order valence-corrected chi connectivity index (χ2v) is 7.98. The van der Waals surface area contributed by atoms with Crippen molar-refractivity contribution in [2.75, 3.05) is 13.7 Å². The van der Waals surface area contributed by atoms with E-state index in [1.165, 1.54) is 11.3 Å². The topological polar surface area (TPSA) is 65.5 Å². The van der Waals surface area contributed by atoms with Gasteiger partial charge in [0, 0.05) is 5.56 Å². The molecular weight excluding hydrogens is 394 g/mol. The Kier molecular flexibility index (Phi) is 5.70. The van der Waals surface area contributed by atoms with Crippen LogP contribution in [0, 0.1) is 6.92 Å². The Morgan fingerprint density at radius 1 is 1.12 bits per heavy atom. The van der Waals surface area contributed by atoms with Gasteiger partial charge in [-0.15, -0.1) is 22.7 Å². The van der Waals surface area contributed by atoms with Gasteiger partial charge in [-0.1, -0.05) is 11.6 Å². The first-order valence-corrected chi connectivity index (χ1v) is 9.56. The van der Waals surface area contributed by atoms with Crippen LogP contribution in [0.15, 0.2) is 36.4 Å². The van der Waals surface area contributed by atoms with Crippen molar-refractivity contribution in [3.63, 3.8) is 0 Å². The van der Waals surface area contributed by atoms with E-state index < -0.39 is 5.97 Å². The Balaban J connectivity index is 1.69. The van der Waals surface area contributed by atoms with Crippen LogP contribution < -0.4 is 4.74 Å². The summed E-state index contributed by atoms with van der Waals surface area (Å²) in [6.45, 7) is 1.41. The predicted octanol–water partition coefficient (Wildman–Crippen LogP) is 4.88. The molecule has 3 aromatic rings. The Bertz CT molecular complexity index is 947. The van der Waals surface area contributed by atoms with Crippen molar-refractivity contribution in [3.05, 3.63) is 56.2 Å². The molecule has 2 aromatic heterocycles. The number of ether oxygens (including phenoxy) is 2. The maximum absolute atomic E-state index is 12.3. The van der Waals surface area contributed by atoms with Crippen molar-refractivity contribution >= 4 is 46.0 Å². The molecule has 0 saturated carbocycles. The molecule has 26 heavy (non-hydrogen) atoms. The lowest BCUT2D eigenvalue weighted by molar-refractivity contribution is 0.0479. The maximum atomic E-state index is 12.3. The summed E-state index contributed by atoms with van der Waals surface area (Å²) >= 11 is 8.19. The Morgan fingerprint density at radius 2 is 1.85 bits per heavy atom. The molecule has 0 saturated heterocycles. The van der Waals surface area contributed by atoms with Crippen molar-refractivity contribution < 1.29 is 19.1 Å². The van der Waals surface area contributed by atoms with E-state index >= 15 is 0 Å². The zero-order valence-corrected chi connectivity index (χ0v) is 16.3. The number of nitrogens with zero attached hydrogens (tertiary/aromatic N) is 1. The first-order chi connectivity index (χ1) is 12.5. The molecule has 0 aliphatic rings. The van der Waals surface area contributed by atoms with E-state index in [0.717, 1.165) is 22.6 Å². The third kappa shape index (κ3) is 4.12. The third-order valence-corrected chi connectivity index (χ3v) is 5.96. The second kappa shape index (κ2) is 7.99. The monoisotopic (exact) mass is 407 g/mol. The number of aryl methyl sites for hydroxylation is 1. The number of rotatable bonds is 6. The van der Waals surface area contributed by atoms with Crippen molar-refractivity contribution in [3.8, 4) is 16.3 Å². The highest BCUT2D eigenvalue weighted by atomic mass is 35.5. The first kappa shape index (κ1) is 18.6. The Morgan fingerprint density at radius 3 is 2.46 bits per heavy atom. The zero-order valence-electron chi connectivity index (χ0n) is 13.9. The van der Waals surface area contributed by atoms with Gasteiger partial charge < -0.3 is 9.47 Å². The standard InChI is InChI=1S/C18H14ClNO4S2/c1-10-16(18(22)24-9-13(21)14-7-8-15(19)25-14)26-17(20-10)11-3-5-12(23-2)6-4-11/h3-8H,9H2,1-2H3. The summed E-state index contributed by atoms with van der Waals surface area (Å²) in [7, 11) is 1.60. The van der Waals surface area contributed by atoms with Gasteiger partial charge in [0.1, 0.15) is 15.6 Å². The Labute approximate surface area is 163 Å². The number of hydrogen-bond acceptors (Lipinski definition) is 7. The number of aromatic nitrogens is 1. The number of ketones is 1. The number of Topliss-reactive ketones (excluding diaryl/α,β-unsaturated/α-hetero) is 1. The quantitative estimate of drug-likeness (QED) is 0.430. The number of carbonyl (C=O) groups excluding carboxylic acids is 2. The van der Waals surface area contributed by atoms with Gasteiger partial charge in [-0.25, -0.2) is 9.78 Å². The molecular formula is C18H14ClNO4S2. The number of methoxy groups -OCH3 is 1. The normalized spacial score (nSPS) is 10.6. The number of thiazole rings is 1. The van der Waals surface area contributed by atoms with Gasteiger partial charge in [0.2, 0.25) is 5.78 Å².